The molecule has 0 amide bonds. The average Bonchev–Trinajstić information content (AvgIpc) is 2.59. The van der Waals surface area contributed by atoms with E-state index < -0.39 is 0 Å². The molecular formula is C12H16N3. The quantitative estimate of drug-likeness (QED) is 0.820. The van der Waals surface area contributed by atoms with Gasteiger partial charge in [-0.05, 0) is 45.6 Å². The minimum atomic E-state index is 0.942. The standard InChI is InChI=1S/C12H16N3/c1-15(2)8-4-6-11-9-10-5-3-7-13-12(10)14-11/h3,5,7H,4,6,8H2,1-2H3,(H,13,14). The maximum absolute atomic E-state index is 4.25. The van der Waals surface area contributed by atoms with E-state index >= 15 is 0 Å². The lowest BCUT2D eigenvalue weighted by atomic mass is 10.2. The lowest BCUT2D eigenvalue weighted by molar-refractivity contribution is 0.399. The van der Waals surface area contributed by atoms with Crippen molar-refractivity contribution in [3.05, 3.63) is 30.1 Å². The summed E-state index contributed by atoms with van der Waals surface area (Å²) in [7, 11) is 4.19. The van der Waals surface area contributed by atoms with Crippen LogP contribution in [0.2, 0.25) is 0 Å². The van der Waals surface area contributed by atoms with Gasteiger partial charge in [0.1, 0.15) is 5.65 Å². The van der Waals surface area contributed by atoms with Crippen LogP contribution in [0.25, 0.3) is 11.0 Å². The molecule has 1 radical (unpaired) electrons. The third kappa shape index (κ3) is 2.57. The summed E-state index contributed by atoms with van der Waals surface area (Å²) in [5, 5.41) is 1.08. The van der Waals surface area contributed by atoms with Gasteiger partial charge in [-0.2, -0.15) is 0 Å². The van der Waals surface area contributed by atoms with Gasteiger partial charge in [0.25, 0.3) is 0 Å². The topological polar surface area (TPSA) is 31.9 Å². The van der Waals surface area contributed by atoms with E-state index in [4.69, 9.17) is 0 Å². The molecule has 3 heteroatoms. The first-order chi connectivity index (χ1) is 7.25. The summed E-state index contributed by atoms with van der Waals surface area (Å²) in [4.78, 5) is 9.73. The van der Waals surface area contributed by atoms with Crippen molar-refractivity contribution in [2.24, 2.45) is 0 Å². The Morgan fingerprint density at radius 3 is 3.07 bits per heavy atom. The molecule has 3 nitrogen and oxygen atoms in total. The highest BCUT2D eigenvalue weighted by molar-refractivity contribution is 5.75. The maximum Gasteiger partial charge on any atom is 0.138 e. The summed E-state index contributed by atoms with van der Waals surface area (Å²) in [6.45, 7) is 1.11. The van der Waals surface area contributed by atoms with Crippen LogP contribution in [-0.2, 0) is 6.42 Å². The minimum Gasteiger partial charge on any atom is -0.343 e. The molecular weight excluding hydrogens is 186 g/mol. The predicted molar refractivity (Wildman–Crippen MR) is 61.8 cm³/mol. The number of rotatable bonds is 4. The fraction of sp³-hybridized carbons (Fsp3) is 0.417. The molecule has 1 N–H and O–H groups in total. The molecule has 0 fully saturated rings. The van der Waals surface area contributed by atoms with Gasteiger partial charge >= 0.3 is 0 Å². The van der Waals surface area contributed by atoms with Gasteiger partial charge in [0.05, 0.1) is 0 Å². The molecule has 2 aromatic rings. The number of hydrogen-bond donors (Lipinski definition) is 1. The zero-order chi connectivity index (χ0) is 10.7. The first kappa shape index (κ1) is 10.2. The third-order valence-electron chi connectivity index (χ3n) is 2.39. The Hall–Kier alpha value is -1.35. The first-order valence-corrected chi connectivity index (χ1v) is 5.25. The minimum absolute atomic E-state index is 0.942. The van der Waals surface area contributed by atoms with Crippen molar-refractivity contribution >= 4 is 11.0 Å². The van der Waals surface area contributed by atoms with Crippen LogP contribution in [0.1, 0.15) is 12.1 Å². The molecule has 2 heterocycles. The molecule has 79 valence electrons. The lowest BCUT2D eigenvalue weighted by Gasteiger charge is -2.07. The van der Waals surface area contributed by atoms with Crippen LogP contribution < -0.4 is 0 Å². The largest absolute Gasteiger partial charge is 0.343 e. The molecule has 2 rings (SSSR count). The summed E-state index contributed by atoms with van der Waals surface area (Å²) in [6.07, 6.45) is 3.99. The fourth-order valence-electron chi connectivity index (χ4n) is 1.64. The van der Waals surface area contributed by atoms with Crippen LogP contribution in [0.15, 0.2) is 18.3 Å². The van der Waals surface area contributed by atoms with Crippen LogP contribution in [0, 0.1) is 6.07 Å². The predicted octanol–water partition coefficient (Wildman–Crippen LogP) is 1.86. The third-order valence-corrected chi connectivity index (χ3v) is 2.39. The normalized spacial score (nSPS) is 11.4. The molecule has 0 aliphatic rings. The molecule has 0 atom stereocenters. The Bertz CT molecular complexity index is 398. The van der Waals surface area contributed by atoms with Gasteiger partial charge in [-0.15, -0.1) is 0 Å². The van der Waals surface area contributed by atoms with Crippen LogP contribution >= 0.6 is 0 Å². The molecule has 0 aliphatic heterocycles. The lowest BCUT2D eigenvalue weighted by Crippen LogP contribution is -2.13. The van der Waals surface area contributed by atoms with E-state index in [9.17, 15) is 0 Å². The van der Waals surface area contributed by atoms with Crippen molar-refractivity contribution in [3.8, 4) is 0 Å². The summed E-state index contributed by atoms with van der Waals surface area (Å²) in [6, 6.07) is 7.31. The second-order valence-electron chi connectivity index (χ2n) is 4.03. The van der Waals surface area contributed by atoms with Crippen molar-refractivity contribution in [2.45, 2.75) is 12.8 Å². The average molecular weight is 202 g/mol. The second kappa shape index (κ2) is 4.45. The van der Waals surface area contributed by atoms with E-state index in [0.717, 1.165) is 36.1 Å². The molecule has 0 saturated heterocycles. The number of aromatic nitrogens is 2. The van der Waals surface area contributed by atoms with E-state index in [1.807, 2.05) is 12.1 Å². The summed E-state index contributed by atoms with van der Waals surface area (Å²) >= 11 is 0. The molecule has 0 saturated carbocycles. The van der Waals surface area contributed by atoms with Crippen molar-refractivity contribution in [3.63, 3.8) is 0 Å². The molecule has 0 spiro atoms. The van der Waals surface area contributed by atoms with Crippen molar-refractivity contribution in [1.29, 1.82) is 0 Å². The molecule has 0 aromatic carbocycles. The van der Waals surface area contributed by atoms with Gasteiger partial charge in [-0.3, -0.25) is 0 Å². The van der Waals surface area contributed by atoms with Gasteiger partial charge < -0.3 is 9.88 Å². The van der Waals surface area contributed by atoms with Crippen LogP contribution in [-0.4, -0.2) is 35.5 Å². The number of nitrogens with one attached hydrogen (secondary N) is 1. The fourth-order valence-corrected chi connectivity index (χ4v) is 1.64. The molecule has 15 heavy (non-hydrogen) atoms. The highest BCUT2D eigenvalue weighted by Crippen LogP contribution is 2.12. The van der Waals surface area contributed by atoms with E-state index in [1.54, 1.807) is 6.20 Å². The monoisotopic (exact) mass is 202 g/mol. The Balaban J connectivity index is 2.03. The number of nitrogens with zero attached hydrogens (tertiary/aromatic N) is 2. The van der Waals surface area contributed by atoms with E-state index in [0.29, 0.717) is 0 Å². The number of fused-ring (bicyclic) bond motifs is 1. The Kier molecular flexibility index (Phi) is 3.02. The number of hydrogen-bond acceptors (Lipinski definition) is 2. The van der Waals surface area contributed by atoms with E-state index in [-0.39, 0.29) is 0 Å². The van der Waals surface area contributed by atoms with Gasteiger partial charge in [0.2, 0.25) is 0 Å². The highest BCUT2D eigenvalue weighted by atomic mass is 15.0. The van der Waals surface area contributed by atoms with Crippen molar-refractivity contribution in [2.75, 3.05) is 20.6 Å². The molecule has 0 aliphatic carbocycles. The zero-order valence-electron chi connectivity index (χ0n) is 9.25. The number of pyridine rings is 1. The first-order valence-electron chi connectivity index (χ1n) is 5.25. The van der Waals surface area contributed by atoms with Gasteiger partial charge in [0, 0.05) is 23.3 Å². The second-order valence-corrected chi connectivity index (χ2v) is 4.03. The summed E-state index contributed by atoms with van der Waals surface area (Å²) in [5.74, 6) is 0. The van der Waals surface area contributed by atoms with Crippen molar-refractivity contribution in [1.82, 2.24) is 14.9 Å². The Labute approximate surface area is 90.1 Å². The van der Waals surface area contributed by atoms with E-state index in [1.165, 1.54) is 0 Å². The van der Waals surface area contributed by atoms with Gasteiger partial charge in [-0.1, -0.05) is 0 Å². The molecule has 0 unspecified atom stereocenters. The van der Waals surface area contributed by atoms with Crippen LogP contribution in [0.4, 0.5) is 0 Å². The highest BCUT2D eigenvalue weighted by Gasteiger charge is 2.01. The number of aryl methyl sites for hydroxylation is 1. The van der Waals surface area contributed by atoms with Crippen molar-refractivity contribution < 1.29 is 0 Å². The smallest absolute Gasteiger partial charge is 0.138 e. The Morgan fingerprint density at radius 1 is 1.47 bits per heavy atom. The van der Waals surface area contributed by atoms with Gasteiger partial charge in [0.15, 0.2) is 0 Å². The molecule has 0 bridgehead atoms. The number of H-pyrrole nitrogens is 1. The molecule has 2 aromatic heterocycles. The summed E-state index contributed by atoms with van der Waals surface area (Å²) < 4.78 is 0. The van der Waals surface area contributed by atoms with Crippen LogP contribution in [0.3, 0.4) is 0 Å². The van der Waals surface area contributed by atoms with Crippen LogP contribution in [0.5, 0.6) is 0 Å². The summed E-state index contributed by atoms with van der Waals surface area (Å²) in [5.41, 5.74) is 2.10. The number of aromatic amines is 1. The zero-order valence-corrected chi connectivity index (χ0v) is 9.25. The Morgan fingerprint density at radius 2 is 2.33 bits per heavy atom. The maximum atomic E-state index is 4.25. The van der Waals surface area contributed by atoms with Gasteiger partial charge in [-0.25, -0.2) is 4.98 Å². The van der Waals surface area contributed by atoms with E-state index in [2.05, 4.69) is 35.0 Å². The SMILES string of the molecule is CN(C)CCCc1[c]c2cccnc2[nH]1.